The van der Waals surface area contributed by atoms with E-state index in [1.54, 1.807) is 0 Å². The number of nitrogens with one attached hydrogen (secondary N) is 2. The Hall–Kier alpha value is -2.61. The Kier molecular flexibility index (Phi) is 6.14. The monoisotopic (exact) mass is 336 g/mol. The molecule has 1 aromatic carbocycles. The lowest BCUT2D eigenvalue weighted by Gasteiger charge is -2.13. The number of hydrogen-bond donors (Lipinski definition) is 2. The quantitative estimate of drug-likeness (QED) is 0.791. The summed E-state index contributed by atoms with van der Waals surface area (Å²) in [7, 11) is 2.46. The fraction of sp³-hybridized carbons (Fsp3) is 0.438. The van der Waals surface area contributed by atoms with Gasteiger partial charge in [-0.3, -0.25) is 0 Å². The van der Waals surface area contributed by atoms with Crippen molar-refractivity contribution in [1.82, 2.24) is 5.32 Å². The van der Waals surface area contributed by atoms with Crippen LogP contribution in [0.15, 0.2) is 18.2 Å². The first-order valence-corrected chi connectivity index (χ1v) is 7.51. The normalized spacial score (nSPS) is 16.3. The van der Waals surface area contributed by atoms with Crippen molar-refractivity contribution in [3.63, 3.8) is 0 Å². The summed E-state index contributed by atoms with van der Waals surface area (Å²) in [6.45, 7) is 1.10. The molecule has 1 aliphatic heterocycles. The van der Waals surface area contributed by atoms with Crippen LogP contribution in [0.2, 0.25) is 0 Å². The van der Waals surface area contributed by atoms with E-state index >= 15 is 0 Å². The third-order valence-electron chi connectivity index (χ3n) is 3.55. The van der Waals surface area contributed by atoms with Gasteiger partial charge in [-0.1, -0.05) is 0 Å². The highest BCUT2D eigenvalue weighted by molar-refractivity contribution is 5.99. The van der Waals surface area contributed by atoms with E-state index in [0.29, 0.717) is 13.2 Å². The molecule has 1 heterocycles. The highest BCUT2D eigenvalue weighted by Gasteiger charge is 2.17. The Morgan fingerprint density at radius 2 is 1.75 bits per heavy atom. The highest BCUT2D eigenvalue weighted by atomic mass is 16.5. The average Bonchev–Trinajstić information content (AvgIpc) is 3.11. The summed E-state index contributed by atoms with van der Waals surface area (Å²) < 4.78 is 14.7. The zero-order valence-corrected chi connectivity index (χ0v) is 13.6. The number of amides is 2. The maximum Gasteiger partial charge on any atom is 0.337 e. The van der Waals surface area contributed by atoms with Gasteiger partial charge in [-0.2, -0.15) is 0 Å². The lowest BCUT2D eigenvalue weighted by atomic mass is 10.1. The molecule has 1 fully saturated rings. The molecule has 8 heteroatoms. The zero-order chi connectivity index (χ0) is 17.5. The van der Waals surface area contributed by atoms with Crippen LogP contribution < -0.4 is 10.6 Å². The fourth-order valence-electron chi connectivity index (χ4n) is 2.36. The maximum atomic E-state index is 12.0. The summed E-state index contributed by atoms with van der Waals surface area (Å²) in [6.07, 6.45) is 1.91. The lowest BCUT2D eigenvalue weighted by molar-refractivity contribution is 0.0599. The third kappa shape index (κ3) is 4.69. The summed E-state index contributed by atoms with van der Waals surface area (Å²) in [6, 6.07) is 3.73. The van der Waals surface area contributed by atoms with E-state index in [-0.39, 0.29) is 22.9 Å². The first kappa shape index (κ1) is 17.7. The summed E-state index contributed by atoms with van der Waals surface area (Å²) in [4.78, 5) is 35.4. The molecule has 1 atom stereocenters. The SMILES string of the molecule is COC(=O)c1cc(NC(=O)NCC2CCCO2)cc(C(=O)OC)c1. The predicted octanol–water partition coefficient (Wildman–Crippen LogP) is 1.56. The summed E-state index contributed by atoms with van der Waals surface area (Å²) in [5.41, 5.74) is 0.549. The van der Waals surface area contributed by atoms with E-state index in [9.17, 15) is 14.4 Å². The molecule has 2 N–H and O–H groups in total. The van der Waals surface area contributed by atoms with Crippen LogP contribution in [0.4, 0.5) is 10.5 Å². The molecule has 0 aromatic heterocycles. The predicted molar refractivity (Wildman–Crippen MR) is 85.1 cm³/mol. The molecule has 2 rings (SSSR count). The molecule has 2 amide bonds. The van der Waals surface area contributed by atoms with Crippen molar-refractivity contribution >= 4 is 23.7 Å². The Bertz CT molecular complexity index is 591. The topological polar surface area (TPSA) is 103 Å². The lowest BCUT2D eigenvalue weighted by Crippen LogP contribution is -2.35. The van der Waals surface area contributed by atoms with Gasteiger partial charge in [-0.05, 0) is 31.0 Å². The molecule has 1 aliphatic rings. The number of urea groups is 1. The van der Waals surface area contributed by atoms with E-state index in [0.717, 1.165) is 12.8 Å². The minimum atomic E-state index is -0.622. The standard InChI is InChI=1S/C16H20N2O6/c1-22-14(19)10-6-11(15(20)23-2)8-12(7-10)18-16(21)17-9-13-4-3-5-24-13/h6-8,13H,3-5,9H2,1-2H3,(H2,17,18,21). The second-order valence-electron chi connectivity index (χ2n) is 5.25. The number of benzene rings is 1. The average molecular weight is 336 g/mol. The summed E-state index contributed by atoms with van der Waals surface area (Å²) in [5, 5.41) is 5.27. The number of carbonyl (C=O) groups is 3. The number of rotatable bonds is 5. The van der Waals surface area contributed by atoms with Crippen LogP contribution in [0.5, 0.6) is 0 Å². The fourth-order valence-corrected chi connectivity index (χ4v) is 2.36. The Morgan fingerprint density at radius 1 is 1.12 bits per heavy atom. The van der Waals surface area contributed by atoms with Gasteiger partial charge in [0.05, 0.1) is 31.5 Å². The van der Waals surface area contributed by atoms with Gasteiger partial charge in [0.15, 0.2) is 0 Å². The van der Waals surface area contributed by atoms with Crippen LogP contribution in [0.25, 0.3) is 0 Å². The molecule has 24 heavy (non-hydrogen) atoms. The molecule has 1 aromatic rings. The first-order chi connectivity index (χ1) is 11.5. The molecule has 0 aliphatic carbocycles. The largest absolute Gasteiger partial charge is 0.465 e. The number of ether oxygens (including phenoxy) is 3. The number of esters is 2. The number of methoxy groups -OCH3 is 2. The molecule has 0 radical (unpaired) electrons. The number of carbonyl (C=O) groups excluding carboxylic acids is 3. The van der Waals surface area contributed by atoms with Gasteiger partial charge >= 0.3 is 18.0 Å². The van der Waals surface area contributed by atoms with E-state index in [1.165, 1.54) is 32.4 Å². The second kappa shape index (κ2) is 8.30. The Labute approximate surface area is 139 Å². The molecule has 0 saturated carbocycles. The van der Waals surface area contributed by atoms with E-state index in [2.05, 4.69) is 20.1 Å². The van der Waals surface area contributed by atoms with Crippen LogP contribution in [-0.4, -0.2) is 51.4 Å². The first-order valence-electron chi connectivity index (χ1n) is 7.51. The smallest absolute Gasteiger partial charge is 0.337 e. The van der Waals surface area contributed by atoms with Crippen molar-refractivity contribution in [3.05, 3.63) is 29.3 Å². The van der Waals surface area contributed by atoms with E-state index in [1.807, 2.05) is 0 Å². The van der Waals surface area contributed by atoms with E-state index in [4.69, 9.17) is 4.74 Å². The Morgan fingerprint density at radius 3 is 2.25 bits per heavy atom. The van der Waals surface area contributed by atoms with Crippen LogP contribution in [0, 0.1) is 0 Å². The van der Waals surface area contributed by atoms with Gasteiger partial charge in [0, 0.05) is 18.8 Å². The van der Waals surface area contributed by atoms with Gasteiger partial charge in [-0.15, -0.1) is 0 Å². The van der Waals surface area contributed by atoms with Gasteiger partial charge in [-0.25, -0.2) is 14.4 Å². The highest BCUT2D eigenvalue weighted by Crippen LogP contribution is 2.17. The molecule has 0 bridgehead atoms. The molecular formula is C16H20N2O6. The van der Waals surface area contributed by atoms with Gasteiger partial charge in [0.2, 0.25) is 0 Å². The molecule has 130 valence electrons. The van der Waals surface area contributed by atoms with Crippen LogP contribution in [0.1, 0.15) is 33.6 Å². The van der Waals surface area contributed by atoms with Crippen molar-refractivity contribution in [2.24, 2.45) is 0 Å². The molecule has 0 spiro atoms. The molecular weight excluding hydrogens is 316 g/mol. The van der Waals surface area contributed by atoms with Crippen molar-refractivity contribution in [2.45, 2.75) is 18.9 Å². The summed E-state index contributed by atoms with van der Waals surface area (Å²) in [5.74, 6) is -1.24. The van der Waals surface area contributed by atoms with E-state index < -0.39 is 18.0 Å². The van der Waals surface area contributed by atoms with Crippen molar-refractivity contribution < 1.29 is 28.6 Å². The maximum absolute atomic E-state index is 12.0. The summed E-state index contributed by atoms with van der Waals surface area (Å²) >= 11 is 0. The van der Waals surface area contributed by atoms with Crippen LogP contribution in [-0.2, 0) is 14.2 Å². The van der Waals surface area contributed by atoms with Crippen LogP contribution in [0.3, 0.4) is 0 Å². The minimum absolute atomic E-state index is 0.0165. The molecule has 1 unspecified atom stereocenters. The Balaban J connectivity index is 2.07. The van der Waals surface area contributed by atoms with Gasteiger partial charge < -0.3 is 24.8 Å². The van der Waals surface area contributed by atoms with Crippen LogP contribution >= 0.6 is 0 Å². The second-order valence-corrected chi connectivity index (χ2v) is 5.25. The zero-order valence-electron chi connectivity index (χ0n) is 13.6. The van der Waals surface area contributed by atoms with Gasteiger partial charge in [0.1, 0.15) is 0 Å². The number of hydrogen-bond acceptors (Lipinski definition) is 6. The van der Waals surface area contributed by atoms with Crippen molar-refractivity contribution in [3.8, 4) is 0 Å². The third-order valence-corrected chi connectivity index (χ3v) is 3.55. The molecule has 8 nitrogen and oxygen atoms in total. The van der Waals surface area contributed by atoms with Crippen molar-refractivity contribution in [2.75, 3.05) is 32.7 Å². The van der Waals surface area contributed by atoms with Gasteiger partial charge in [0.25, 0.3) is 0 Å². The minimum Gasteiger partial charge on any atom is -0.465 e. The van der Waals surface area contributed by atoms with Crippen molar-refractivity contribution in [1.29, 1.82) is 0 Å². The molecule has 1 saturated heterocycles. The number of anilines is 1.